The van der Waals surface area contributed by atoms with Crippen LogP contribution in [0.25, 0.3) is 0 Å². The van der Waals surface area contributed by atoms with Gasteiger partial charge < -0.3 is 15.8 Å². The van der Waals surface area contributed by atoms with Gasteiger partial charge in [0.2, 0.25) is 0 Å². The van der Waals surface area contributed by atoms with Crippen molar-refractivity contribution in [1.82, 2.24) is 9.97 Å². The molecular weight excluding hydrogens is 130 g/mol. The number of nitrogens with two attached hydrogens (primary N) is 1. The van der Waals surface area contributed by atoms with E-state index in [0.29, 0.717) is 5.82 Å². The number of aliphatic hydroxyl groups is 1. The second kappa shape index (κ2) is 3.22. The van der Waals surface area contributed by atoms with Crippen molar-refractivity contribution in [3.05, 3.63) is 12.0 Å². The molecule has 0 saturated carbocycles. The molecule has 1 heterocycles. The topological polar surface area (TPSA) is 74.9 Å². The van der Waals surface area contributed by atoms with Gasteiger partial charge in [-0.1, -0.05) is 0 Å². The van der Waals surface area contributed by atoms with Crippen LogP contribution in [0.1, 0.15) is 12.2 Å². The molecule has 0 saturated heterocycles. The maximum atomic E-state index is 8.46. The number of aromatic amines is 1. The van der Waals surface area contributed by atoms with E-state index in [1.165, 1.54) is 0 Å². The van der Waals surface area contributed by atoms with Crippen LogP contribution in [0.2, 0.25) is 0 Å². The van der Waals surface area contributed by atoms with E-state index in [4.69, 9.17) is 10.8 Å². The molecular formula is C6H11N3O. The van der Waals surface area contributed by atoms with Gasteiger partial charge in [-0.2, -0.15) is 0 Å². The van der Waals surface area contributed by atoms with Crippen LogP contribution in [-0.2, 0) is 6.42 Å². The van der Waals surface area contributed by atoms with Crippen LogP contribution in [0.3, 0.4) is 0 Å². The lowest BCUT2D eigenvalue weighted by Gasteiger charge is -1.90. The summed E-state index contributed by atoms with van der Waals surface area (Å²) in [7, 11) is 0. The summed E-state index contributed by atoms with van der Waals surface area (Å²) in [6.45, 7) is 0.195. The van der Waals surface area contributed by atoms with E-state index in [-0.39, 0.29) is 6.61 Å². The first-order valence-electron chi connectivity index (χ1n) is 3.23. The maximum Gasteiger partial charge on any atom is 0.120 e. The molecule has 4 N–H and O–H groups in total. The Kier molecular flexibility index (Phi) is 2.28. The lowest BCUT2D eigenvalue weighted by atomic mass is 10.3. The number of nitrogen functional groups attached to an aromatic ring is 1. The summed E-state index contributed by atoms with van der Waals surface area (Å²) in [5.74, 6) is 1.42. The first-order chi connectivity index (χ1) is 4.83. The van der Waals surface area contributed by atoms with E-state index in [9.17, 15) is 0 Å². The molecule has 0 amide bonds. The molecule has 0 aliphatic rings. The average molecular weight is 141 g/mol. The predicted octanol–water partition coefficient (Wildman–Crippen LogP) is -0.0832. The van der Waals surface area contributed by atoms with Gasteiger partial charge in [-0.05, 0) is 6.42 Å². The molecule has 1 aromatic heterocycles. The third-order valence-electron chi connectivity index (χ3n) is 1.22. The normalized spacial score (nSPS) is 10.1. The second-order valence-electron chi connectivity index (χ2n) is 2.11. The quantitative estimate of drug-likeness (QED) is 0.551. The zero-order valence-electron chi connectivity index (χ0n) is 5.67. The van der Waals surface area contributed by atoms with Crippen molar-refractivity contribution >= 4 is 5.82 Å². The summed E-state index contributed by atoms with van der Waals surface area (Å²) in [4.78, 5) is 6.83. The Morgan fingerprint density at radius 1 is 1.70 bits per heavy atom. The number of nitrogens with one attached hydrogen (secondary N) is 1. The zero-order chi connectivity index (χ0) is 7.40. The minimum absolute atomic E-state index is 0.195. The van der Waals surface area contributed by atoms with Gasteiger partial charge in [0.05, 0.1) is 6.20 Å². The number of anilines is 1. The summed E-state index contributed by atoms with van der Waals surface area (Å²) < 4.78 is 0. The SMILES string of the molecule is Nc1cnc(CCCO)[nH]1. The van der Waals surface area contributed by atoms with Crippen molar-refractivity contribution in [2.45, 2.75) is 12.8 Å². The highest BCUT2D eigenvalue weighted by molar-refractivity contribution is 5.24. The van der Waals surface area contributed by atoms with Crippen molar-refractivity contribution in [2.75, 3.05) is 12.3 Å². The Labute approximate surface area is 59.1 Å². The molecule has 0 fully saturated rings. The van der Waals surface area contributed by atoms with Gasteiger partial charge in [0.25, 0.3) is 0 Å². The first kappa shape index (κ1) is 7.08. The van der Waals surface area contributed by atoms with Crippen LogP contribution in [-0.4, -0.2) is 21.7 Å². The number of rotatable bonds is 3. The van der Waals surface area contributed by atoms with E-state index in [1.54, 1.807) is 6.20 Å². The highest BCUT2D eigenvalue weighted by Crippen LogP contribution is 1.99. The minimum Gasteiger partial charge on any atom is -0.396 e. The lowest BCUT2D eigenvalue weighted by molar-refractivity contribution is 0.287. The predicted molar refractivity (Wildman–Crippen MR) is 38.4 cm³/mol. The molecule has 0 aliphatic heterocycles. The number of hydrogen-bond donors (Lipinski definition) is 3. The fourth-order valence-corrected chi connectivity index (χ4v) is 0.752. The molecule has 10 heavy (non-hydrogen) atoms. The van der Waals surface area contributed by atoms with Crippen LogP contribution < -0.4 is 5.73 Å². The van der Waals surface area contributed by atoms with Gasteiger partial charge in [0.15, 0.2) is 0 Å². The van der Waals surface area contributed by atoms with Crippen LogP contribution in [0.4, 0.5) is 5.82 Å². The Bertz CT molecular complexity index is 197. The van der Waals surface area contributed by atoms with Crippen LogP contribution in [0.5, 0.6) is 0 Å². The van der Waals surface area contributed by atoms with Gasteiger partial charge in [0.1, 0.15) is 11.6 Å². The number of hydrogen-bond acceptors (Lipinski definition) is 3. The fraction of sp³-hybridized carbons (Fsp3) is 0.500. The fourth-order valence-electron chi connectivity index (χ4n) is 0.752. The molecule has 0 aromatic carbocycles. The molecule has 0 bridgehead atoms. The van der Waals surface area contributed by atoms with Crippen molar-refractivity contribution in [3.63, 3.8) is 0 Å². The Morgan fingerprint density at radius 3 is 3.00 bits per heavy atom. The van der Waals surface area contributed by atoms with Gasteiger partial charge >= 0.3 is 0 Å². The van der Waals surface area contributed by atoms with Crippen molar-refractivity contribution in [3.8, 4) is 0 Å². The lowest BCUT2D eigenvalue weighted by Crippen LogP contribution is -1.92. The van der Waals surface area contributed by atoms with Gasteiger partial charge in [0, 0.05) is 13.0 Å². The molecule has 0 radical (unpaired) electrons. The Morgan fingerprint density at radius 2 is 2.50 bits per heavy atom. The molecule has 4 heteroatoms. The Balaban J connectivity index is 2.42. The third kappa shape index (κ3) is 1.73. The molecule has 4 nitrogen and oxygen atoms in total. The maximum absolute atomic E-state index is 8.46. The Hall–Kier alpha value is -1.03. The van der Waals surface area contributed by atoms with E-state index in [1.807, 2.05) is 0 Å². The summed E-state index contributed by atoms with van der Waals surface area (Å²) in [6.07, 6.45) is 3.06. The van der Waals surface area contributed by atoms with Gasteiger partial charge in [-0.3, -0.25) is 0 Å². The van der Waals surface area contributed by atoms with Gasteiger partial charge in [-0.15, -0.1) is 0 Å². The van der Waals surface area contributed by atoms with Crippen LogP contribution in [0, 0.1) is 0 Å². The molecule has 0 unspecified atom stereocenters. The first-order valence-corrected chi connectivity index (χ1v) is 3.23. The van der Waals surface area contributed by atoms with Gasteiger partial charge in [-0.25, -0.2) is 4.98 Å². The van der Waals surface area contributed by atoms with Crippen molar-refractivity contribution in [2.24, 2.45) is 0 Å². The largest absolute Gasteiger partial charge is 0.396 e. The average Bonchev–Trinajstić information content (AvgIpc) is 2.31. The van der Waals surface area contributed by atoms with E-state index in [0.717, 1.165) is 18.7 Å². The molecule has 0 spiro atoms. The number of imidazole rings is 1. The number of aryl methyl sites for hydroxylation is 1. The smallest absolute Gasteiger partial charge is 0.120 e. The van der Waals surface area contributed by atoms with E-state index in [2.05, 4.69) is 9.97 Å². The minimum atomic E-state index is 0.195. The third-order valence-corrected chi connectivity index (χ3v) is 1.22. The van der Waals surface area contributed by atoms with Crippen molar-refractivity contribution < 1.29 is 5.11 Å². The zero-order valence-corrected chi connectivity index (χ0v) is 5.67. The van der Waals surface area contributed by atoms with Crippen LogP contribution >= 0.6 is 0 Å². The molecule has 56 valence electrons. The highest BCUT2D eigenvalue weighted by atomic mass is 16.2. The number of nitrogens with zero attached hydrogens (tertiary/aromatic N) is 1. The van der Waals surface area contributed by atoms with Crippen molar-refractivity contribution in [1.29, 1.82) is 0 Å². The number of H-pyrrole nitrogens is 1. The summed E-state index contributed by atoms with van der Waals surface area (Å²) in [6, 6.07) is 0. The highest BCUT2D eigenvalue weighted by Gasteiger charge is 1.95. The second-order valence-corrected chi connectivity index (χ2v) is 2.11. The molecule has 0 aliphatic carbocycles. The summed E-state index contributed by atoms with van der Waals surface area (Å²) >= 11 is 0. The van der Waals surface area contributed by atoms with E-state index < -0.39 is 0 Å². The summed E-state index contributed by atoms with van der Waals surface area (Å²) in [5, 5.41) is 8.46. The number of aliphatic hydroxyl groups excluding tert-OH is 1. The molecule has 1 rings (SSSR count). The molecule has 1 aromatic rings. The molecule has 0 atom stereocenters. The van der Waals surface area contributed by atoms with Crippen LogP contribution in [0.15, 0.2) is 6.20 Å². The standard InChI is InChI=1S/C6H11N3O/c7-5-4-8-6(9-5)2-1-3-10/h4,10H,1-3,7H2,(H,8,9). The monoisotopic (exact) mass is 141 g/mol. The number of aromatic nitrogens is 2. The van der Waals surface area contributed by atoms with E-state index >= 15 is 0 Å². The summed E-state index contributed by atoms with van der Waals surface area (Å²) in [5.41, 5.74) is 5.37.